The Kier molecular flexibility index (Phi) is 8.35. The zero-order valence-electron chi connectivity index (χ0n) is 23.8. The number of anilines is 6. The minimum Gasteiger partial charge on any atom is -0.397 e. The molecule has 9 nitrogen and oxygen atoms in total. The van der Waals surface area contributed by atoms with Crippen LogP contribution in [0.3, 0.4) is 0 Å². The van der Waals surface area contributed by atoms with Crippen LogP contribution in [0.25, 0.3) is 0 Å². The molecule has 1 amide bonds. The molecule has 1 unspecified atom stereocenters. The van der Waals surface area contributed by atoms with Crippen molar-refractivity contribution >= 4 is 58.2 Å². The summed E-state index contributed by atoms with van der Waals surface area (Å²) in [5, 5.41) is 9.99. The fourth-order valence-electron chi connectivity index (χ4n) is 5.96. The molecule has 3 aliphatic rings. The lowest BCUT2D eigenvalue weighted by Gasteiger charge is -2.34. The molecule has 4 heterocycles. The highest BCUT2D eigenvalue weighted by Crippen LogP contribution is 2.39. The largest absolute Gasteiger partial charge is 0.418 e. The maximum absolute atomic E-state index is 13.3. The molecule has 3 aromatic rings. The van der Waals surface area contributed by atoms with Crippen molar-refractivity contribution in [2.45, 2.75) is 44.7 Å². The van der Waals surface area contributed by atoms with Gasteiger partial charge in [-0.15, -0.1) is 0 Å². The third-order valence-electron chi connectivity index (χ3n) is 8.27. The number of carbonyl (C=O) groups excluding carboxylic acids is 1. The number of rotatable bonds is 4. The van der Waals surface area contributed by atoms with Gasteiger partial charge in [0.25, 0.3) is 0 Å². The molecule has 1 saturated heterocycles. The van der Waals surface area contributed by atoms with Crippen LogP contribution < -0.4 is 26.6 Å². The third-order valence-corrected chi connectivity index (χ3v) is 8.55. The van der Waals surface area contributed by atoms with Crippen molar-refractivity contribution in [2.75, 3.05) is 39.7 Å². The van der Waals surface area contributed by atoms with E-state index in [0.29, 0.717) is 61.2 Å². The summed E-state index contributed by atoms with van der Waals surface area (Å²) in [6.45, 7) is 1.05. The van der Waals surface area contributed by atoms with Crippen LogP contribution >= 0.6 is 11.6 Å². The number of nitrogens with two attached hydrogens (primary N) is 1. The molecule has 0 spiro atoms. The molecule has 5 N–H and O–H groups in total. The number of hydrogen-bond donors (Lipinski definition) is 4. The molecule has 6 bridgehead atoms. The summed E-state index contributed by atoms with van der Waals surface area (Å²) in [7, 11) is 0. The van der Waals surface area contributed by atoms with Crippen molar-refractivity contribution in [1.29, 1.82) is 0 Å². The molecule has 1 atom stereocenters. The number of alkyl halides is 3. The smallest absolute Gasteiger partial charge is 0.397 e. The number of hydrogen-bond acceptors (Lipinski definition) is 8. The van der Waals surface area contributed by atoms with Crippen molar-refractivity contribution in [3.8, 4) is 0 Å². The molecule has 3 aliphatic heterocycles. The number of aromatic nitrogens is 2. The van der Waals surface area contributed by atoms with E-state index in [9.17, 15) is 18.0 Å². The molecule has 1 fully saturated rings. The van der Waals surface area contributed by atoms with Gasteiger partial charge in [-0.05, 0) is 73.9 Å². The number of nitrogen functional groups attached to an aromatic ring is 1. The topological polar surface area (TPSA) is 121 Å². The van der Waals surface area contributed by atoms with Gasteiger partial charge in [0.2, 0.25) is 11.9 Å². The summed E-state index contributed by atoms with van der Waals surface area (Å²) in [5.41, 5.74) is 8.61. The van der Waals surface area contributed by atoms with Gasteiger partial charge in [-0.1, -0.05) is 17.7 Å². The molecule has 44 heavy (non-hydrogen) atoms. The molecule has 1 aromatic heterocycles. The van der Waals surface area contributed by atoms with Crippen molar-refractivity contribution in [2.24, 2.45) is 16.8 Å². The average molecular weight is 625 g/mol. The molecule has 0 radical (unpaired) electrons. The lowest BCUT2D eigenvalue weighted by molar-refractivity contribution is -0.136. The number of aliphatic imine (C=N–C) groups is 1. The number of halogens is 4. The van der Waals surface area contributed by atoms with Crippen molar-refractivity contribution in [3.63, 3.8) is 0 Å². The Morgan fingerprint density at radius 1 is 1.14 bits per heavy atom. The minimum atomic E-state index is -4.51. The standard InChI is InChI=1S/C31H32ClF3N8O/c32-24-17-38-30-40-22-12-19(15-37-16-22)4-5-20-14-21(39-29(24)42-30)6-7-25(20)41-27(44)13-18-8-10-43(11-9-18)26-3-1-2-23(28(26)36)31(33,34)35/h1-3,6-7,14-19H,4-5,8-13,36H2,(H,41,44)(H2,38,39,40,42). The van der Waals surface area contributed by atoms with Gasteiger partial charge in [-0.25, -0.2) is 4.98 Å². The van der Waals surface area contributed by atoms with Crippen molar-refractivity contribution in [1.82, 2.24) is 9.97 Å². The van der Waals surface area contributed by atoms with Gasteiger partial charge >= 0.3 is 6.18 Å². The lowest BCUT2D eigenvalue weighted by atomic mass is 9.92. The van der Waals surface area contributed by atoms with Gasteiger partial charge in [0.1, 0.15) is 5.02 Å². The van der Waals surface area contributed by atoms with Crippen LogP contribution in [0.4, 0.5) is 47.7 Å². The number of para-hydroxylation sites is 1. The Balaban J connectivity index is 1.13. The summed E-state index contributed by atoms with van der Waals surface area (Å²) in [6.07, 6.45) is 4.70. The van der Waals surface area contributed by atoms with Gasteiger partial charge in [-0.3, -0.25) is 9.79 Å². The first kappa shape index (κ1) is 29.7. The van der Waals surface area contributed by atoms with E-state index in [1.54, 1.807) is 12.3 Å². The fourth-order valence-corrected chi connectivity index (χ4v) is 6.09. The molecule has 13 heteroatoms. The number of amides is 1. The number of allylic oxidation sites excluding steroid dienone is 1. The first-order chi connectivity index (χ1) is 21.1. The van der Waals surface area contributed by atoms with E-state index in [-0.39, 0.29) is 23.4 Å². The SMILES string of the molecule is Nc1c(N2CCC(CC(=O)Nc3ccc4cc3CCC3C=NC=C(C3)Nc3ncc(Cl)c(n3)N4)CC2)cccc1C(F)(F)F. The number of piperidine rings is 1. The zero-order chi connectivity index (χ0) is 30.8. The summed E-state index contributed by atoms with van der Waals surface area (Å²) in [6, 6.07) is 9.74. The summed E-state index contributed by atoms with van der Waals surface area (Å²) in [4.78, 5) is 28.3. The molecule has 6 rings (SSSR count). The van der Waals surface area contributed by atoms with E-state index < -0.39 is 11.7 Å². The third kappa shape index (κ3) is 6.75. The van der Waals surface area contributed by atoms with Gasteiger partial charge in [0.15, 0.2) is 5.82 Å². The van der Waals surface area contributed by atoms with Crippen LogP contribution in [0.5, 0.6) is 0 Å². The second kappa shape index (κ2) is 12.4. The van der Waals surface area contributed by atoms with E-state index >= 15 is 0 Å². The fraction of sp³-hybridized carbons (Fsp3) is 0.355. The Bertz CT molecular complexity index is 1620. The molecular formula is C31H32ClF3N8O. The van der Waals surface area contributed by atoms with Crippen LogP contribution in [0.1, 0.15) is 43.2 Å². The van der Waals surface area contributed by atoms with Crippen LogP contribution in [0.2, 0.25) is 5.02 Å². The van der Waals surface area contributed by atoms with E-state index in [0.717, 1.165) is 41.5 Å². The maximum Gasteiger partial charge on any atom is 0.418 e. The predicted molar refractivity (Wildman–Crippen MR) is 167 cm³/mol. The Labute approximate surface area is 257 Å². The summed E-state index contributed by atoms with van der Waals surface area (Å²) < 4.78 is 40.0. The molecule has 230 valence electrons. The Morgan fingerprint density at radius 3 is 2.75 bits per heavy atom. The van der Waals surface area contributed by atoms with E-state index in [1.165, 1.54) is 12.3 Å². The maximum atomic E-state index is 13.3. The highest BCUT2D eigenvalue weighted by molar-refractivity contribution is 6.32. The van der Waals surface area contributed by atoms with E-state index in [2.05, 4.69) is 30.9 Å². The second-order valence-corrected chi connectivity index (χ2v) is 11.8. The number of benzene rings is 2. The molecule has 2 aromatic carbocycles. The lowest BCUT2D eigenvalue weighted by Crippen LogP contribution is -2.35. The van der Waals surface area contributed by atoms with Gasteiger partial charge in [0.05, 0.1) is 23.1 Å². The number of nitrogens with one attached hydrogen (secondary N) is 3. The highest BCUT2D eigenvalue weighted by atomic mass is 35.5. The highest BCUT2D eigenvalue weighted by Gasteiger charge is 2.34. The normalized spacial score (nSPS) is 18.6. The quantitative estimate of drug-likeness (QED) is 0.230. The number of fused-ring (bicyclic) bond motifs is 6. The van der Waals surface area contributed by atoms with Crippen LogP contribution in [-0.2, 0) is 17.4 Å². The van der Waals surface area contributed by atoms with Crippen LogP contribution in [-0.4, -0.2) is 35.2 Å². The Hall–Kier alpha value is -4.32. The number of nitrogens with zero attached hydrogens (tertiary/aromatic N) is 4. The molecule has 0 saturated carbocycles. The predicted octanol–water partition coefficient (Wildman–Crippen LogP) is 7.01. The van der Waals surface area contributed by atoms with Gasteiger partial charge in [0, 0.05) is 54.9 Å². The number of carbonyl (C=O) groups is 1. The van der Waals surface area contributed by atoms with Gasteiger partial charge < -0.3 is 26.6 Å². The monoisotopic (exact) mass is 624 g/mol. The second-order valence-electron chi connectivity index (χ2n) is 11.4. The van der Waals surface area contributed by atoms with Gasteiger partial charge in [-0.2, -0.15) is 18.2 Å². The van der Waals surface area contributed by atoms with Crippen LogP contribution in [0, 0.1) is 11.8 Å². The molecular weight excluding hydrogens is 593 g/mol. The van der Waals surface area contributed by atoms with E-state index in [1.807, 2.05) is 29.3 Å². The minimum absolute atomic E-state index is 0.0981. The average Bonchev–Trinajstić information content (AvgIpc) is 2.99. The first-order valence-electron chi connectivity index (χ1n) is 14.5. The first-order valence-corrected chi connectivity index (χ1v) is 14.9. The summed E-state index contributed by atoms with van der Waals surface area (Å²) >= 11 is 6.38. The van der Waals surface area contributed by atoms with Crippen molar-refractivity contribution < 1.29 is 18.0 Å². The molecule has 0 aliphatic carbocycles. The van der Waals surface area contributed by atoms with Crippen molar-refractivity contribution in [3.05, 3.63) is 70.6 Å². The summed E-state index contributed by atoms with van der Waals surface area (Å²) in [5.74, 6) is 1.09. The van der Waals surface area contributed by atoms with E-state index in [4.69, 9.17) is 17.3 Å². The Morgan fingerprint density at radius 2 is 1.95 bits per heavy atom. The zero-order valence-corrected chi connectivity index (χ0v) is 24.5. The number of aryl methyl sites for hydroxylation is 1. The van der Waals surface area contributed by atoms with Crippen LogP contribution in [0.15, 0.2) is 59.5 Å².